The van der Waals surface area contributed by atoms with Crippen LogP contribution in [0.2, 0.25) is 0 Å². The van der Waals surface area contributed by atoms with Crippen molar-refractivity contribution in [2.24, 2.45) is 4.99 Å². The number of aliphatic imine (C=N–C) groups is 1. The highest BCUT2D eigenvalue weighted by Gasteiger charge is 2.57. The summed E-state index contributed by atoms with van der Waals surface area (Å²) in [5.41, 5.74) is 1.34. The second-order valence-corrected chi connectivity index (χ2v) is 6.57. The van der Waals surface area contributed by atoms with E-state index in [1.807, 2.05) is 12.1 Å². The van der Waals surface area contributed by atoms with Crippen LogP contribution in [0.1, 0.15) is 5.56 Å². The summed E-state index contributed by atoms with van der Waals surface area (Å²) in [5, 5.41) is 0. The Balaban J connectivity index is 1.54. The average molecular weight is 275 g/mol. The predicted molar refractivity (Wildman–Crippen MR) is 75.4 cm³/mol. The minimum absolute atomic E-state index is 0.175. The van der Waals surface area contributed by atoms with Gasteiger partial charge < -0.3 is 4.74 Å². The van der Waals surface area contributed by atoms with Crippen LogP contribution in [0.4, 0.5) is 0 Å². The Morgan fingerprint density at radius 1 is 1.00 bits per heavy atom. The molecule has 0 aromatic heterocycles. The van der Waals surface area contributed by atoms with Crippen LogP contribution in [0, 0.1) is 0 Å². The molecule has 3 N–H and O–H groups in total. The molecule has 1 aromatic rings. The molecule has 5 rings (SSSR count). The van der Waals surface area contributed by atoms with Crippen LogP contribution in [0.5, 0.6) is 5.75 Å². The van der Waals surface area contributed by atoms with Gasteiger partial charge in [-0.1, -0.05) is 0 Å². The Hall–Kier alpha value is -1.43. The standard InChI is InChI=1S/C15H20N4O/c1-20-14-4-2-13(3-5-14)6-16-15-7-17-10-18(8-15)12-19(9-15)11-17/h2-6H,7-12H2,1H3/p+3. The molecule has 4 fully saturated rings. The van der Waals surface area contributed by atoms with Crippen molar-refractivity contribution >= 4 is 6.21 Å². The van der Waals surface area contributed by atoms with Crippen molar-refractivity contribution in [2.45, 2.75) is 5.54 Å². The highest BCUT2D eigenvalue weighted by Crippen LogP contribution is 2.12. The summed E-state index contributed by atoms with van der Waals surface area (Å²) in [5.74, 6) is 0.902. The molecule has 0 amide bonds. The van der Waals surface area contributed by atoms with Crippen molar-refractivity contribution in [2.75, 3.05) is 46.8 Å². The van der Waals surface area contributed by atoms with E-state index in [1.54, 1.807) is 21.8 Å². The molecule has 5 heteroatoms. The molecule has 4 aliphatic rings. The van der Waals surface area contributed by atoms with Gasteiger partial charge in [-0.05, 0) is 29.8 Å². The number of rotatable bonds is 3. The van der Waals surface area contributed by atoms with Gasteiger partial charge >= 0.3 is 0 Å². The fraction of sp³-hybridized carbons (Fsp3) is 0.533. The van der Waals surface area contributed by atoms with Crippen molar-refractivity contribution in [3.63, 3.8) is 0 Å². The minimum atomic E-state index is 0.175. The number of benzene rings is 1. The van der Waals surface area contributed by atoms with E-state index in [4.69, 9.17) is 9.73 Å². The van der Waals surface area contributed by atoms with Crippen LogP contribution in [0.25, 0.3) is 0 Å². The number of hydrogen-bond donors (Lipinski definition) is 3. The smallest absolute Gasteiger partial charge is 0.213 e. The summed E-state index contributed by atoms with van der Waals surface area (Å²) >= 11 is 0. The second kappa shape index (κ2) is 4.55. The molecule has 5 nitrogen and oxygen atoms in total. The monoisotopic (exact) mass is 275 g/mol. The zero-order valence-corrected chi connectivity index (χ0v) is 12.0. The summed E-state index contributed by atoms with van der Waals surface area (Å²) in [6.45, 7) is 7.53. The van der Waals surface area contributed by atoms with Gasteiger partial charge in [-0.2, -0.15) is 0 Å². The van der Waals surface area contributed by atoms with E-state index >= 15 is 0 Å². The summed E-state index contributed by atoms with van der Waals surface area (Å²) in [7, 11) is 1.70. The van der Waals surface area contributed by atoms with Gasteiger partial charge in [-0.3, -0.25) is 4.99 Å². The molecule has 106 valence electrons. The fourth-order valence-corrected chi connectivity index (χ4v) is 4.25. The number of ether oxygens (including phenoxy) is 1. The lowest BCUT2D eigenvalue weighted by Crippen LogP contribution is -3.56. The summed E-state index contributed by atoms with van der Waals surface area (Å²) in [4.78, 5) is 10.2. The molecular formula is C15H23N4O+3. The van der Waals surface area contributed by atoms with E-state index in [9.17, 15) is 0 Å². The molecule has 0 spiro atoms. The molecule has 0 atom stereocenters. The van der Waals surface area contributed by atoms with Gasteiger partial charge in [0.2, 0.25) is 25.5 Å². The number of quaternary nitrogens is 3. The highest BCUT2D eigenvalue weighted by molar-refractivity contribution is 5.80. The Morgan fingerprint density at radius 3 is 2.05 bits per heavy atom. The molecule has 4 bridgehead atoms. The second-order valence-electron chi connectivity index (χ2n) is 6.57. The number of hydrogen-bond acceptors (Lipinski definition) is 2. The quantitative estimate of drug-likeness (QED) is 0.490. The lowest BCUT2D eigenvalue weighted by Gasteiger charge is -2.50. The first-order chi connectivity index (χ1) is 9.75. The van der Waals surface area contributed by atoms with E-state index in [2.05, 4.69) is 18.3 Å². The maximum absolute atomic E-state index is 5.19. The Bertz CT molecular complexity index is 490. The van der Waals surface area contributed by atoms with Crippen LogP contribution in [0.15, 0.2) is 29.3 Å². The van der Waals surface area contributed by atoms with E-state index in [-0.39, 0.29) is 5.54 Å². The van der Waals surface area contributed by atoms with Gasteiger partial charge in [0.15, 0.2) is 0 Å². The molecule has 0 aliphatic carbocycles. The number of nitrogens with one attached hydrogen (secondary N) is 3. The SMILES string of the molecule is COc1ccc(C=NC23C[NH+]4C[NH+](C[NH+](C4)C2)C3)cc1. The van der Waals surface area contributed by atoms with Gasteiger partial charge in [-0.15, -0.1) is 0 Å². The molecule has 20 heavy (non-hydrogen) atoms. The van der Waals surface area contributed by atoms with Crippen molar-refractivity contribution in [1.29, 1.82) is 0 Å². The van der Waals surface area contributed by atoms with E-state index in [0.717, 1.165) is 5.75 Å². The van der Waals surface area contributed by atoms with E-state index < -0.39 is 0 Å². The van der Waals surface area contributed by atoms with Gasteiger partial charge in [0.05, 0.1) is 7.11 Å². The first-order valence-corrected chi connectivity index (χ1v) is 7.45. The molecular weight excluding hydrogens is 252 g/mol. The molecule has 4 aliphatic heterocycles. The van der Waals surface area contributed by atoms with Crippen molar-refractivity contribution < 1.29 is 19.4 Å². The summed E-state index contributed by atoms with van der Waals surface area (Å²) in [6, 6.07) is 8.16. The lowest BCUT2D eigenvalue weighted by molar-refractivity contribution is -1.29. The third-order valence-corrected chi connectivity index (χ3v) is 4.84. The maximum Gasteiger partial charge on any atom is 0.213 e. The third kappa shape index (κ3) is 2.12. The normalized spacial score (nSPS) is 38.5. The Labute approximate surface area is 119 Å². The molecule has 4 saturated heterocycles. The molecule has 0 unspecified atom stereocenters. The van der Waals surface area contributed by atoms with Gasteiger partial charge in [0.1, 0.15) is 25.4 Å². The average Bonchev–Trinajstić information content (AvgIpc) is 2.44. The summed E-state index contributed by atoms with van der Waals surface area (Å²) in [6.07, 6.45) is 2.06. The van der Waals surface area contributed by atoms with E-state index in [1.165, 1.54) is 45.2 Å². The number of nitrogens with zero attached hydrogens (tertiary/aromatic N) is 1. The number of methoxy groups -OCH3 is 1. The van der Waals surface area contributed by atoms with Crippen LogP contribution < -0.4 is 19.4 Å². The van der Waals surface area contributed by atoms with Gasteiger partial charge in [0.25, 0.3) is 0 Å². The lowest BCUT2D eigenvalue weighted by atomic mass is 9.91. The van der Waals surface area contributed by atoms with Gasteiger partial charge in [-0.25, -0.2) is 14.7 Å². The topological polar surface area (TPSA) is 34.9 Å². The van der Waals surface area contributed by atoms with Crippen molar-refractivity contribution in [1.82, 2.24) is 0 Å². The first-order valence-electron chi connectivity index (χ1n) is 7.45. The first kappa shape index (κ1) is 12.3. The van der Waals surface area contributed by atoms with Gasteiger partial charge in [0, 0.05) is 6.21 Å². The summed E-state index contributed by atoms with van der Waals surface area (Å²) < 4.78 is 5.19. The minimum Gasteiger partial charge on any atom is -0.497 e. The molecule has 0 radical (unpaired) electrons. The Morgan fingerprint density at radius 2 is 1.55 bits per heavy atom. The van der Waals surface area contributed by atoms with Crippen molar-refractivity contribution in [3.05, 3.63) is 29.8 Å². The molecule has 0 saturated carbocycles. The highest BCUT2D eigenvalue weighted by atomic mass is 16.5. The zero-order chi connectivity index (χ0) is 13.6. The van der Waals surface area contributed by atoms with Crippen LogP contribution in [-0.2, 0) is 0 Å². The van der Waals surface area contributed by atoms with Crippen molar-refractivity contribution in [3.8, 4) is 5.75 Å². The van der Waals surface area contributed by atoms with Crippen LogP contribution in [0.3, 0.4) is 0 Å². The predicted octanol–water partition coefficient (Wildman–Crippen LogP) is -3.58. The third-order valence-electron chi connectivity index (χ3n) is 4.84. The maximum atomic E-state index is 5.19. The van der Waals surface area contributed by atoms with Crippen LogP contribution >= 0.6 is 0 Å². The Kier molecular flexibility index (Phi) is 2.80. The molecule has 4 heterocycles. The zero-order valence-electron chi connectivity index (χ0n) is 12.0. The van der Waals surface area contributed by atoms with Crippen LogP contribution in [-0.4, -0.2) is 58.5 Å². The fourth-order valence-electron chi connectivity index (χ4n) is 4.25. The van der Waals surface area contributed by atoms with E-state index in [0.29, 0.717) is 0 Å². The molecule has 1 aromatic carbocycles. The largest absolute Gasteiger partial charge is 0.497 e.